The highest BCUT2D eigenvalue weighted by Crippen LogP contribution is 2.24. The number of anilines is 2. The number of benzene rings is 2. The molecule has 2 aromatic rings. The second kappa shape index (κ2) is 7.45. The molecule has 0 spiro atoms. The summed E-state index contributed by atoms with van der Waals surface area (Å²) in [5.74, 6) is -0.0341. The third kappa shape index (κ3) is 4.74. The summed E-state index contributed by atoms with van der Waals surface area (Å²) in [5, 5.41) is 0. The number of sulfonamides is 1. The Bertz CT molecular complexity index is 791. The summed E-state index contributed by atoms with van der Waals surface area (Å²) in [7, 11) is -3.43. The van der Waals surface area contributed by atoms with Crippen LogP contribution in [0.2, 0.25) is 0 Å². The zero-order valence-corrected chi connectivity index (χ0v) is 15.4. The van der Waals surface area contributed by atoms with Gasteiger partial charge in [0.1, 0.15) is 0 Å². The topological polar surface area (TPSA) is 58.6 Å². The first-order chi connectivity index (χ1) is 11.9. The van der Waals surface area contributed by atoms with E-state index < -0.39 is 10.0 Å². The van der Waals surface area contributed by atoms with Crippen molar-refractivity contribution >= 4 is 21.4 Å². The molecular weight excluding hydrogens is 336 g/mol. The first-order valence-electron chi connectivity index (χ1n) is 8.46. The van der Waals surface area contributed by atoms with Crippen LogP contribution in [0.4, 0.5) is 11.4 Å². The van der Waals surface area contributed by atoms with Crippen molar-refractivity contribution in [3.63, 3.8) is 0 Å². The lowest BCUT2D eigenvalue weighted by Gasteiger charge is -2.38. The molecule has 1 N–H and O–H groups in total. The maximum atomic E-state index is 12.3. The van der Waals surface area contributed by atoms with E-state index in [1.807, 2.05) is 54.6 Å². The molecule has 0 radical (unpaired) electrons. The van der Waals surface area contributed by atoms with Gasteiger partial charge in [-0.2, -0.15) is 0 Å². The standard InChI is InChI=1S/C19H24N2O3S/c1-15-13-24-16(2)12-21(15)19-10-8-18(9-11-19)20-25(22,23)14-17-6-4-3-5-7-17/h3-11,15-16,20H,12-14H2,1-2H3. The van der Waals surface area contributed by atoms with Gasteiger partial charge in [0.2, 0.25) is 10.0 Å². The molecule has 25 heavy (non-hydrogen) atoms. The molecule has 0 aromatic heterocycles. The van der Waals surface area contributed by atoms with Crippen molar-refractivity contribution < 1.29 is 13.2 Å². The van der Waals surface area contributed by atoms with E-state index >= 15 is 0 Å². The molecule has 2 atom stereocenters. The first kappa shape index (κ1) is 17.8. The van der Waals surface area contributed by atoms with Crippen LogP contribution in [0.25, 0.3) is 0 Å². The van der Waals surface area contributed by atoms with Crippen molar-refractivity contribution in [1.29, 1.82) is 0 Å². The summed E-state index contributed by atoms with van der Waals surface area (Å²) in [4.78, 5) is 2.29. The van der Waals surface area contributed by atoms with Gasteiger partial charge in [-0.3, -0.25) is 4.72 Å². The van der Waals surface area contributed by atoms with Gasteiger partial charge in [0.25, 0.3) is 0 Å². The fourth-order valence-electron chi connectivity index (χ4n) is 2.99. The largest absolute Gasteiger partial charge is 0.375 e. The molecule has 3 rings (SSSR count). The number of hydrogen-bond acceptors (Lipinski definition) is 4. The van der Waals surface area contributed by atoms with E-state index in [4.69, 9.17) is 4.74 Å². The zero-order valence-electron chi connectivity index (χ0n) is 14.6. The molecule has 1 heterocycles. The minimum Gasteiger partial charge on any atom is -0.375 e. The van der Waals surface area contributed by atoms with Crippen LogP contribution in [0.3, 0.4) is 0 Å². The third-order valence-corrected chi connectivity index (χ3v) is 5.54. The maximum Gasteiger partial charge on any atom is 0.236 e. The Kier molecular flexibility index (Phi) is 5.30. The van der Waals surface area contributed by atoms with Gasteiger partial charge in [0.15, 0.2) is 0 Å². The quantitative estimate of drug-likeness (QED) is 0.889. The molecule has 6 heteroatoms. The van der Waals surface area contributed by atoms with Gasteiger partial charge in [-0.05, 0) is 43.7 Å². The number of morpholine rings is 1. The minimum atomic E-state index is -3.43. The minimum absolute atomic E-state index is 0.0341. The van der Waals surface area contributed by atoms with Crippen LogP contribution in [0.1, 0.15) is 19.4 Å². The Morgan fingerprint density at radius 1 is 1.08 bits per heavy atom. The van der Waals surface area contributed by atoms with Crippen LogP contribution in [-0.4, -0.2) is 33.7 Å². The Labute approximate surface area is 149 Å². The van der Waals surface area contributed by atoms with Crippen molar-refractivity contribution in [1.82, 2.24) is 0 Å². The molecule has 134 valence electrons. The van der Waals surface area contributed by atoms with Gasteiger partial charge in [0, 0.05) is 24.0 Å². The van der Waals surface area contributed by atoms with E-state index in [1.165, 1.54) is 0 Å². The van der Waals surface area contributed by atoms with Crippen LogP contribution in [-0.2, 0) is 20.5 Å². The summed E-state index contributed by atoms with van der Waals surface area (Å²) >= 11 is 0. The highest BCUT2D eigenvalue weighted by atomic mass is 32.2. The lowest BCUT2D eigenvalue weighted by atomic mass is 10.1. The Balaban J connectivity index is 1.68. The number of nitrogens with one attached hydrogen (secondary N) is 1. The molecule has 0 saturated carbocycles. The summed E-state index contributed by atoms with van der Waals surface area (Å²) in [6.45, 7) is 5.72. The number of rotatable bonds is 5. The molecule has 1 fully saturated rings. The second-order valence-corrected chi connectivity index (χ2v) is 8.26. The molecule has 2 unspecified atom stereocenters. The van der Waals surface area contributed by atoms with Gasteiger partial charge in [-0.15, -0.1) is 0 Å². The van der Waals surface area contributed by atoms with Crippen LogP contribution >= 0.6 is 0 Å². The van der Waals surface area contributed by atoms with Crippen molar-refractivity contribution in [3.8, 4) is 0 Å². The van der Waals surface area contributed by atoms with Crippen LogP contribution in [0.15, 0.2) is 54.6 Å². The van der Waals surface area contributed by atoms with Gasteiger partial charge >= 0.3 is 0 Å². The predicted octanol–water partition coefficient (Wildman–Crippen LogP) is 3.24. The Morgan fingerprint density at radius 3 is 2.44 bits per heavy atom. The summed E-state index contributed by atoms with van der Waals surface area (Å²) in [5.41, 5.74) is 2.42. The van der Waals surface area contributed by atoms with Crippen molar-refractivity contribution in [3.05, 3.63) is 60.2 Å². The molecule has 0 amide bonds. The first-order valence-corrected chi connectivity index (χ1v) is 10.1. The summed E-state index contributed by atoms with van der Waals surface area (Å²) in [6.07, 6.45) is 0.195. The molecule has 1 saturated heterocycles. The normalized spacial score (nSPS) is 21.1. The summed E-state index contributed by atoms with van der Waals surface area (Å²) in [6, 6.07) is 17.0. The lowest BCUT2D eigenvalue weighted by molar-refractivity contribution is 0.0344. The number of hydrogen-bond donors (Lipinski definition) is 1. The zero-order chi connectivity index (χ0) is 17.9. The van der Waals surface area contributed by atoms with E-state index in [0.29, 0.717) is 18.3 Å². The molecular formula is C19H24N2O3S. The summed E-state index contributed by atoms with van der Waals surface area (Å²) < 4.78 is 32.9. The van der Waals surface area contributed by atoms with Gasteiger partial charge in [-0.1, -0.05) is 30.3 Å². The van der Waals surface area contributed by atoms with E-state index in [2.05, 4.69) is 23.5 Å². The fourth-order valence-corrected chi connectivity index (χ4v) is 4.19. The molecule has 2 aromatic carbocycles. The second-order valence-electron chi connectivity index (χ2n) is 6.54. The molecule has 0 bridgehead atoms. The third-order valence-electron chi connectivity index (χ3n) is 4.28. The van der Waals surface area contributed by atoms with Gasteiger partial charge in [0.05, 0.1) is 18.5 Å². The highest BCUT2D eigenvalue weighted by molar-refractivity contribution is 7.91. The van der Waals surface area contributed by atoms with Crippen molar-refractivity contribution in [2.45, 2.75) is 31.7 Å². The van der Waals surface area contributed by atoms with Crippen LogP contribution in [0, 0.1) is 0 Å². The molecule has 0 aliphatic carbocycles. The average molecular weight is 360 g/mol. The molecule has 5 nitrogen and oxygen atoms in total. The van der Waals surface area contributed by atoms with Crippen LogP contribution < -0.4 is 9.62 Å². The monoisotopic (exact) mass is 360 g/mol. The van der Waals surface area contributed by atoms with E-state index in [9.17, 15) is 8.42 Å². The van der Waals surface area contributed by atoms with Crippen LogP contribution in [0.5, 0.6) is 0 Å². The van der Waals surface area contributed by atoms with Crippen molar-refractivity contribution in [2.24, 2.45) is 0 Å². The Morgan fingerprint density at radius 2 is 1.76 bits per heavy atom. The van der Waals surface area contributed by atoms with Crippen molar-refractivity contribution in [2.75, 3.05) is 22.8 Å². The fraction of sp³-hybridized carbons (Fsp3) is 0.368. The average Bonchev–Trinajstić information content (AvgIpc) is 2.58. The number of nitrogens with zero attached hydrogens (tertiary/aromatic N) is 1. The lowest BCUT2D eigenvalue weighted by Crippen LogP contribution is -2.47. The maximum absolute atomic E-state index is 12.3. The molecule has 1 aliphatic rings. The van der Waals surface area contributed by atoms with Gasteiger partial charge in [-0.25, -0.2) is 8.42 Å². The van der Waals surface area contributed by atoms with E-state index in [0.717, 1.165) is 17.8 Å². The highest BCUT2D eigenvalue weighted by Gasteiger charge is 2.23. The SMILES string of the molecule is CC1CN(c2ccc(NS(=O)(=O)Cc3ccccc3)cc2)C(C)CO1. The predicted molar refractivity (Wildman–Crippen MR) is 101 cm³/mol. The number of ether oxygens (including phenoxy) is 1. The smallest absolute Gasteiger partial charge is 0.236 e. The molecule has 1 aliphatic heterocycles. The van der Waals surface area contributed by atoms with E-state index in [-0.39, 0.29) is 11.9 Å². The van der Waals surface area contributed by atoms with Gasteiger partial charge < -0.3 is 9.64 Å². The Hall–Kier alpha value is -2.05. The van der Waals surface area contributed by atoms with E-state index in [1.54, 1.807) is 0 Å².